The highest BCUT2D eigenvalue weighted by Gasteiger charge is 2.53. The number of carbonyl (C=O) groups is 3. The van der Waals surface area contributed by atoms with Crippen molar-refractivity contribution in [3.05, 3.63) is 79.6 Å². The van der Waals surface area contributed by atoms with Crippen LogP contribution in [0.2, 0.25) is 0 Å². The maximum Gasteiger partial charge on any atom is 0.352 e. The molecule has 0 radical (unpaired) electrons. The number of rotatable bonds is 8. The summed E-state index contributed by atoms with van der Waals surface area (Å²) in [4.78, 5) is 54.7. The van der Waals surface area contributed by atoms with Crippen LogP contribution in [0.3, 0.4) is 0 Å². The first kappa shape index (κ1) is 28.0. The van der Waals surface area contributed by atoms with Crippen LogP contribution in [0.4, 0.5) is 5.69 Å². The Morgan fingerprint density at radius 2 is 2.00 bits per heavy atom. The van der Waals surface area contributed by atoms with E-state index >= 15 is 0 Å². The van der Waals surface area contributed by atoms with E-state index in [4.69, 9.17) is 4.74 Å². The molecule has 2 saturated heterocycles. The molecule has 0 bridgehead atoms. The predicted molar refractivity (Wildman–Crippen MR) is 164 cm³/mol. The average molecular weight is 628 g/mol. The maximum absolute atomic E-state index is 12.9. The molecule has 2 aromatic heterocycles. The van der Waals surface area contributed by atoms with Gasteiger partial charge in [-0.15, -0.1) is 34.4 Å². The fourth-order valence-corrected chi connectivity index (χ4v) is 8.98. The van der Waals surface area contributed by atoms with Crippen LogP contribution in [-0.2, 0) is 25.5 Å². The summed E-state index contributed by atoms with van der Waals surface area (Å²) in [6.07, 6.45) is 1.87. The Morgan fingerprint density at radius 1 is 1.17 bits per heavy atom. The van der Waals surface area contributed by atoms with E-state index in [1.165, 1.54) is 51.1 Å². The number of nitrogens with zero attached hydrogens (tertiary/aromatic N) is 2. The van der Waals surface area contributed by atoms with Crippen LogP contribution in [0.25, 0.3) is 10.1 Å². The first-order chi connectivity index (χ1) is 19.9. The topological polar surface area (TPSA) is 116 Å². The molecule has 0 saturated carbocycles. The van der Waals surface area contributed by atoms with Crippen molar-refractivity contribution >= 4 is 79.8 Å². The highest BCUT2D eigenvalue weighted by atomic mass is 32.2. The molecule has 2 fully saturated rings. The van der Waals surface area contributed by atoms with Crippen LogP contribution in [0.1, 0.15) is 4.88 Å². The number of carbonyl (C=O) groups excluding carboxylic acids is 2. The van der Waals surface area contributed by atoms with Gasteiger partial charge in [-0.2, -0.15) is 0 Å². The van der Waals surface area contributed by atoms with Gasteiger partial charge in [-0.05, 0) is 46.7 Å². The Morgan fingerprint density at radius 3 is 2.76 bits per heavy atom. The molecule has 1 aromatic carbocycles. The minimum Gasteiger partial charge on any atom is -0.477 e. The van der Waals surface area contributed by atoms with Gasteiger partial charge in [0, 0.05) is 45.6 Å². The summed E-state index contributed by atoms with van der Waals surface area (Å²) in [5, 5.41) is 16.6. The fourth-order valence-electron chi connectivity index (χ4n) is 4.95. The molecule has 0 spiro atoms. The molecule has 3 aliphatic rings. The second kappa shape index (κ2) is 12.0. The lowest BCUT2D eigenvalue weighted by molar-refractivity contribution is -0.150. The number of hydrogen-bond acceptors (Lipinski definition) is 10. The van der Waals surface area contributed by atoms with E-state index in [1.807, 2.05) is 35.7 Å². The van der Waals surface area contributed by atoms with Gasteiger partial charge in [0.1, 0.15) is 17.1 Å². The van der Waals surface area contributed by atoms with Crippen molar-refractivity contribution in [1.29, 1.82) is 0 Å². The van der Waals surface area contributed by atoms with Crippen LogP contribution in [-0.4, -0.2) is 71.3 Å². The van der Waals surface area contributed by atoms with Gasteiger partial charge in [0.25, 0.3) is 5.91 Å². The monoisotopic (exact) mass is 627 g/mol. The molecule has 3 aromatic rings. The van der Waals surface area contributed by atoms with E-state index in [-0.39, 0.29) is 23.5 Å². The normalized spacial score (nSPS) is 20.8. The second-order valence-corrected chi connectivity index (χ2v) is 13.9. The van der Waals surface area contributed by atoms with Gasteiger partial charge in [0.2, 0.25) is 5.91 Å². The lowest BCUT2D eigenvalue weighted by Crippen LogP contribution is -2.70. The molecule has 2 N–H and O–H groups in total. The molecule has 2 atom stereocenters. The van der Waals surface area contributed by atoms with Crippen LogP contribution in [0.15, 0.2) is 73.5 Å². The minimum absolute atomic E-state index is 0.0666. The summed E-state index contributed by atoms with van der Waals surface area (Å²) in [6, 6.07) is 10.4. The van der Waals surface area contributed by atoms with Gasteiger partial charge in [-0.1, -0.05) is 17.8 Å². The quantitative estimate of drug-likeness (QED) is 0.285. The van der Waals surface area contributed by atoms with Gasteiger partial charge in [0.05, 0.1) is 23.8 Å². The van der Waals surface area contributed by atoms with E-state index in [9.17, 15) is 24.3 Å². The summed E-state index contributed by atoms with van der Waals surface area (Å²) in [7, 11) is 0. The van der Waals surface area contributed by atoms with Crippen molar-refractivity contribution < 1.29 is 24.2 Å². The Balaban J connectivity index is 1.16. The van der Waals surface area contributed by atoms with Crippen molar-refractivity contribution in [2.45, 2.75) is 22.0 Å². The highest BCUT2D eigenvalue weighted by molar-refractivity contribution is 8.04. The predicted octanol–water partition coefficient (Wildman–Crippen LogP) is 3.75. The molecular weight excluding hydrogens is 603 g/mol. The molecular formula is C28H25N3O6S4. The zero-order chi connectivity index (χ0) is 28.5. The zero-order valence-corrected chi connectivity index (χ0v) is 24.9. The third-order valence-electron chi connectivity index (χ3n) is 6.95. The van der Waals surface area contributed by atoms with Gasteiger partial charge < -0.3 is 20.1 Å². The Bertz CT molecular complexity index is 1630. The van der Waals surface area contributed by atoms with Gasteiger partial charge in [-0.3, -0.25) is 19.3 Å². The zero-order valence-electron chi connectivity index (χ0n) is 21.6. The van der Waals surface area contributed by atoms with E-state index in [0.717, 1.165) is 32.6 Å². The molecule has 6 rings (SSSR count). The SMILES string of the molecule is O=C(Cc1cccs1)NC1C(=O)N2C(C(=O)O)=C(/C=C/Sc3cc(=O)c4ccc(N5CCOCC5)cc4s3)CSC12. The first-order valence-corrected chi connectivity index (χ1v) is 16.5. The second-order valence-electron chi connectivity index (χ2n) is 9.52. The van der Waals surface area contributed by atoms with Crippen LogP contribution < -0.4 is 15.6 Å². The number of anilines is 1. The van der Waals surface area contributed by atoms with E-state index in [1.54, 1.807) is 17.6 Å². The number of fused-ring (bicyclic) bond motifs is 2. The molecule has 0 aliphatic carbocycles. The molecule has 13 heteroatoms. The standard InChI is InChI=1S/C28H25N3O6S4/c32-20-14-23(41-21-12-17(3-4-19(20)21)30-6-8-37-9-7-30)39-11-5-16-15-40-27-24(26(34)31(27)25(16)28(35)36)29-22(33)13-18-2-1-10-38-18/h1-5,10-12,14,24,27H,6-9,13,15H2,(H,29,33)(H,35,36)/b11-5+. The smallest absolute Gasteiger partial charge is 0.352 e. The molecule has 41 heavy (non-hydrogen) atoms. The number of thiophene rings is 1. The summed E-state index contributed by atoms with van der Waals surface area (Å²) in [5.41, 5.74) is 1.43. The van der Waals surface area contributed by atoms with Crippen molar-refractivity contribution in [1.82, 2.24) is 10.2 Å². The molecule has 9 nitrogen and oxygen atoms in total. The third-order valence-corrected chi connectivity index (χ3v) is 11.2. The summed E-state index contributed by atoms with van der Waals surface area (Å²) >= 11 is 5.73. The van der Waals surface area contributed by atoms with Crippen LogP contribution >= 0.6 is 46.2 Å². The van der Waals surface area contributed by atoms with E-state index in [2.05, 4.69) is 10.2 Å². The number of allylic oxidation sites excluding steroid dienone is 1. The van der Waals surface area contributed by atoms with Crippen molar-refractivity contribution in [3.8, 4) is 0 Å². The molecule has 2 amide bonds. The van der Waals surface area contributed by atoms with Gasteiger partial charge >= 0.3 is 5.97 Å². The lowest BCUT2D eigenvalue weighted by Gasteiger charge is -2.49. The number of ether oxygens (including phenoxy) is 1. The third kappa shape index (κ3) is 5.82. The number of β-lactam (4-membered cyclic amide) rings is 1. The van der Waals surface area contributed by atoms with Crippen molar-refractivity contribution in [3.63, 3.8) is 0 Å². The van der Waals surface area contributed by atoms with Crippen molar-refractivity contribution in [2.24, 2.45) is 0 Å². The van der Waals surface area contributed by atoms with Crippen molar-refractivity contribution in [2.75, 3.05) is 37.0 Å². The number of morpholine rings is 1. The maximum atomic E-state index is 12.9. The molecule has 5 heterocycles. The number of aliphatic carboxylic acids is 1. The fraction of sp³-hybridized carbons (Fsp3) is 0.286. The largest absolute Gasteiger partial charge is 0.477 e. The van der Waals surface area contributed by atoms with Crippen LogP contribution in [0.5, 0.6) is 0 Å². The molecule has 212 valence electrons. The molecule has 3 aliphatic heterocycles. The average Bonchev–Trinajstić information content (AvgIpc) is 3.48. The number of thioether (sulfide) groups is 2. The minimum atomic E-state index is -1.19. The Hall–Kier alpha value is -3.10. The number of nitrogens with one attached hydrogen (secondary N) is 1. The summed E-state index contributed by atoms with van der Waals surface area (Å²) in [5.74, 6) is -1.51. The Labute approximate surface area is 251 Å². The number of amides is 2. The first-order valence-electron chi connectivity index (χ1n) is 12.9. The highest BCUT2D eigenvalue weighted by Crippen LogP contribution is 2.41. The number of benzene rings is 1. The number of hydrogen-bond donors (Lipinski definition) is 2. The number of carboxylic acids is 1. The summed E-state index contributed by atoms with van der Waals surface area (Å²) in [6.45, 7) is 2.96. The molecule has 2 unspecified atom stereocenters. The number of carboxylic acid groups (broad SMARTS) is 1. The Kier molecular flexibility index (Phi) is 8.22. The van der Waals surface area contributed by atoms with Gasteiger partial charge in [0.15, 0.2) is 5.43 Å². The lowest BCUT2D eigenvalue weighted by atomic mass is 10.0. The van der Waals surface area contributed by atoms with Gasteiger partial charge in [-0.25, -0.2) is 4.79 Å². The summed E-state index contributed by atoms with van der Waals surface area (Å²) < 4.78 is 7.11. The van der Waals surface area contributed by atoms with E-state index < -0.39 is 23.3 Å². The van der Waals surface area contributed by atoms with Crippen LogP contribution in [0, 0.1) is 0 Å². The van der Waals surface area contributed by atoms with E-state index in [0.29, 0.717) is 29.9 Å².